The Morgan fingerprint density at radius 3 is 1.00 bits per heavy atom. The van der Waals surface area contributed by atoms with Gasteiger partial charge in [0, 0.05) is 12.8 Å². The molecular formula is C39H76O5. The van der Waals surface area contributed by atoms with Crippen LogP contribution >= 0.6 is 0 Å². The van der Waals surface area contributed by atoms with E-state index in [1.54, 1.807) is 0 Å². The molecule has 0 aliphatic carbocycles. The Morgan fingerprint density at radius 1 is 0.432 bits per heavy atom. The van der Waals surface area contributed by atoms with Gasteiger partial charge in [0.25, 0.3) is 0 Å². The average molecular weight is 625 g/mol. The quantitative estimate of drug-likeness (QED) is 0.0554. The number of rotatable bonds is 36. The minimum absolute atomic E-state index is 0.0577. The van der Waals surface area contributed by atoms with E-state index >= 15 is 0 Å². The molecule has 0 aliphatic heterocycles. The van der Waals surface area contributed by atoms with E-state index in [1.807, 2.05) is 0 Å². The summed E-state index contributed by atoms with van der Waals surface area (Å²) in [5.41, 5.74) is 0. The van der Waals surface area contributed by atoms with Gasteiger partial charge in [0.1, 0.15) is 6.61 Å². The third-order valence-electron chi connectivity index (χ3n) is 8.90. The van der Waals surface area contributed by atoms with E-state index in [4.69, 9.17) is 9.47 Å². The summed E-state index contributed by atoms with van der Waals surface area (Å²) in [4.78, 5) is 24.1. The van der Waals surface area contributed by atoms with Crippen LogP contribution in [0.1, 0.15) is 219 Å². The Hall–Kier alpha value is -1.10. The molecule has 0 aliphatic rings. The van der Waals surface area contributed by atoms with Gasteiger partial charge in [-0.25, -0.2) is 0 Å². The van der Waals surface area contributed by atoms with Crippen molar-refractivity contribution in [3.8, 4) is 0 Å². The first-order valence-electron chi connectivity index (χ1n) is 19.6. The highest BCUT2D eigenvalue weighted by Crippen LogP contribution is 2.16. The Balaban J connectivity index is 3.44. The smallest absolute Gasteiger partial charge is 0.306 e. The van der Waals surface area contributed by atoms with Crippen LogP contribution in [0.3, 0.4) is 0 Å². The fraction of sp³-hybridized carbons (Fsp3) is 0.949. The van der Waals surface area contributed by atoms with Gasteiger partial charge in [-0.05, 0) is 12.8 Å². The number of hydrogen-bond acceptors (Lipinski definition) is 5. The van der Waals surface area contributed by atoms with Gasteiger partial charge >= 0.3 is 11.9 Å². The summed E-state index contributed by atoms with van der Waals surface area (Å²) in [6.45, 7) is 4.14. The molecule has 0 aromatic rings. The lowest BCUT2D eigenvalue weighted by Gasteiger charge is -2.15. The third-order valence-corrected chi connectivity index (χ3v) is 8.90. The molecule has 0 bridgehead atoms. The minimum atomic E-state index is -0.760. The van der Waals surface area contributed by atoms with Gasteiger partial charge in [-0.3, -0.25) is 9.59 Å². The maximum absolute atomic E-state index is 12.1. The van der Waals surface area contributed by atoms with Crippen LogP contribution in [0.2, 0.25) is 0 Å². The van der Waals surface area contributed by atoms with Gasteiger partial charge in [-0.15, -0.1) is 0 Å². The van der Waals surface area contributed by atoms with Crippen LogP contribution < -0.4 is 0 Å². The fourth-order valence-electron chi connectivity index (χ4n) is 5.91. The molecule has 0 aromatic carbocycles. The van der Waals surface area contributed by atoms with E-state index in [0.717, 1.165) is 38.5 Å². The standard InChI is InChI=1S/C39H76O5/c1-3-5-7-9-11-13-14-15-16-17-18-19-20-21-22-23-24-26-28-30-32-34-39(42)44-37(35-40)36-43-38(41)33-31-29-27-25-12-10-8-6-4-2/h37,40H,3-36H2,1-2H3/t37-/m0/s1. The molecule has 0 rings (SSSR count). The Kier molecular flexibility index (Phi) is 35.5. The predicted octanol–water partition coefficient (Wildman–Crippen LogP) is 12.0. The average Bonchev–Trinajstić information content (AvgIpc) is 3.02. The van der Waals surface area contributed by atoms with Crippen LogP contribution in [0.25, 0.3) is 0 Å². The molecule has 5 nitrogen and oxygen atoms in total. The molecule has 0 amide bonds. The second-order valence-electron chi connectivity index (χ2n) is 13.4. The summed E-state index contributed by atoms with van der Waals surface area (Å²) in [5, 5.41) is 9.52. The first-order chi connectivity index (χ1) is 21.6. The number of ether oxygens (including phenoxy) is 2. The first-order valence-corrected chi connectivity index (χ1v) is 19.6. The maximum Gasteiger partial charge on any atom is 0.306 e. The molecule has 0 aromatic heterocycles. The van der Waals surface area contributed by atoms with Crippen LogP contribution in [0.4, 0.5) is 0 Å². The molecule has 0 fully saturated rings. The van der Waals surface area contributed by atoms with Crippen LogP contribution in [0.5, 0.6) is 0 Å². The predicted molar refractivity (Wildman–Crippen MR) is 187 cm³/mol. The number of esters is 2. The molecule has 262 valence electrons. The van der Waals surface area contributed by atoms with Crippen LogP contribution in [-0.4, -0.2) is 36.4 Å². The van der Waals surface area contributed by atoms with Crippen molar-refractivity contribution in [1.29, 1.82) is 0 Å². The highest BCUT2D eigenvalue weighted by Gasteiger charge is 2.16. The maximum atomic E-state index is 12.1. The summed E-state index contributed by atoms with van der Waals surface area (Å²) in [5.74, 6) is -0.580. The van der Waals surface area contributed by atoms with Crippen molar-refractivity contribution >= 4 is 11.9 Å². The molecule has 44 heavy (non-hydrogen) atoms. The van der Waals surface area contributed by atoms with Gasteiger partial charge in [0.05, 0.1) is 6.61 Å². The SMILES string of the molecule is CCCCCCCCCCCCCCCCCCCCCCCC(=O)O[C@@H](CO)COC(=O)CCCCCCCCCCC. The zero-order valence-electron chi connectivity index (χ0n) is 29.7. The second-order valence-corrected chi connectivity index (χ2v) is 13.4. The number of aliphatic hydroxyl groups is 1. The zero-order chi connectivity index (χ0) is 32.2. The van der Waals surface area contributed by atoms with Crippen LogP contribution in [-0.2, 0) is 19.1 Å². The van der Waals surface area contributed by atoms with E-state index in [2.05, 4.69) is 13.8 Å². The Bertz CT molecular complexity index is 593. The van der Waals surface area contributed by atoms with E-state index in [0.29, 0.717) is 12.8 Å². The lowest BCUT2D eigenvalue weighted by atomic mass is 10.0. The number of carbonyl (C=O) groups is 2. The van der Waals surface area contributed by atoms with Gasteiger partial charge in [-0.2, -0.15) is 0 Å². The summed E-state index contributed by atoms with van der Waals surface area (Å²) >= 11 is 0. The minimum Gasteiger partial charge on any atom is -0.462 e. The molecule has 0 spiro atoms. The molecule has 0 radical (unpaired) electrons. The van der Waals surface area contributed by atoms with E-state index in [-0.39, 0.29) is 25.2 Å². The van der Waals surface area contributed by atoms with Crippen molar-refractivity contribution in [2.75, 3.05) is 13.2 Å². The number of carbonyl (C=O) groups excluding carboxylic acids is 2. The van der Waals surface area contributed by atoms with Crippen molar-refractivity contribution in [1.82, 2.24) is 0 Å². The molecular weight excluding hydrogens is 548 g/mol. The normalized spacial score (nSPS) is 12.0. The molecule has 0 heterocycles. The fourth-order valence-corrected chi connectivity index (χ4v) is 5.91. The lowest BCUT2D eigenvalue weighted by Crippen LogP contribution is -2.28. The van der Waals surface area contributed by atoms with Crippen molar-refractivity contribution in [2.24, 2.45) is 0 Å². The molecule has 0 saturated heterocycles. The molecule has 0 saturated carbocycles. The van der Waals surface area contributed by atoms with Crippen LogP contribution in [0, 0.1) is 0 Å². The lowest BCUT2D eigenvalue weighted by molar-refractivity contribution is -0.161. The molecule has 1 atom stereocenters. The number of aliphatic hydroxyl groups excluding tert-OH is 1. The molecule has 0 unspecified atom stereocenters. The van der Waals surface area contributed by atoms with Crippen molar-refractivity contribution < 1.29 is 24.2 Å². The van der Waals surface area contributed by atoms with E-state index < -0.39 is 6.10 Å². The topological polar surface area (TPSA) is 72.8 Å². The summed E-state index contributed by atoms with van der Waals surface area (Å²) in [6.07, 6.45) is 38.9. The van der Waals surface area contributed by atoms with Crippen molar-refractivity contribution in [2.45, 2.75) is 225 Å². The second kappa shape index (κ2) is 36.4. The van der Waals surface area contributed by atoms with Crippen LogP contribution in [0.15, 0.2) is 0 Å². The van der Waals surface area contributed by atoms with Gasteiger partial charge in [0.2, 0.25) is 0 Å². The van der Waals surface area contributed by atoms with Gasteiger partial charge in [0.15, 0.2) is 6.10 Å². The largest absolute Gasteiger partial charge is 0.462 e. The van der Waals surface area contributed by atoms with Crippen molar-refractivity contribution in [3.63, 3.8) is 0 Å². The molecule has 5 heteroatoms. The third kappa shape index (κ3) is 33.8. The van der Waals surface area contributed by atoms with Crippen molar-refractivity contribution in [3.05, 3.63) is 0 Å². The highest BCUT2D eigenvalue weighted by atomic mass is 16.6. The summed E-state index contributed by atoms with van der Waals surface area (Å²) in [6, 6.07) is 0. The van der Waals surface area contributed by atoms with Gasteiger partial charge < -0.3 is 14.6 Å². The van der Waals surface area contributed by atoms with E-state index in [9.17, 15) is 14.7 Å². The summed E-state index contributed by atoms with van der Waals surface area (Å²) < 4.78 is 10.6. The zero-order valence-corrected chi connectivity index (χ0v) is 29.7. The Morgan fingerprint density at radius 2 is 0.705 bits per heavy atom. The molecule has 1 N–H and O–H groups in total. The van der Waals surface area contributed by atoms with Gasteiger partial charge in [-0.1, -0.05) is 194 Å². The summed E-state index contributed by atoms with van der Waals surface area (Å²) in [7, 11) is 0. The Labute approximate surface area is 274 Å². The first kappa shape index (κ1) is 42.9. The monoisotopic (exact) mass is 625 g/mol. The highest BCUT2D eigenvalue weighted by molar-refractivity contribution is 5.70. The van der Waals surface area contributed by atoms with E-state index in [1.165, 1.54) is 154 Å². The number of unbranched alkanes of at least 4 members (excludes halogenated alkanes) is 28. The number of hydrogen-bond donors (Lipinski definition) is 1.